The van der Waals surface area contributed by atoms with E-state index in [1.807, 2.05) is 0 Å². The fourth-order valence-corrected chi connectivity index (χ4v) is 1.10. The summed E-state index contributed by atoms with van der Waals surface area (Å²) in [6.45, 7) is 6.87. The van der Waals surface area contributed by atoms with Gasteiger partial charge in [-0.3, -0.25) is 4.79 Å². The summed E-state index contributed by atoms with van der Waals surface area (Å²) in [5, 5.41) is 2.50. The van der Waals surface area contributed by atoms with Crippen LogP contribution in [0.5, 0.6) is 0 Å². The van der Waals surface area contributed by atoms with E-state index in [9.17, 15) is 9.59 Å². The summed E-state index contributed by atoms with van der Waals surface area (Å²) >= 11 is 0. The quantitative estimate of drug-likeness (QED) is 0.766. The van der Waals surface area contributed by atoms with E-state index in [2.05, 4.69) is 15.3 Å². The van der Waals surface area contributed by atoms with Crippen LogP contribution in [0.4, 0.5) is 0 Å². The van der Waals surface area contributed by atoms with Crippen LogP contribution < -0.4 is 5.32 Å². The van der Waals surface area contributed by atoms with Crippen molar-refractivity contribution < 1.29 is 14.3 Å². The van der Waals surface area contributed by atoms with Gasteiger partial charge in [0.2, 0.25) is 0 Å². The highest BCUT2D eigenvalue weighted by atomic mass is 16.6. The van der Waals surface area contributed by atoms with Crippen molar-refractivity contribution in [1.82, 2.24) is 15.3 Å². The van der Waals surface area contributed by atoms with Gasteiger partial charge in [0.25, 0.3) is 5.91 Å². The molecule has 1 amide bonds. The van der Waals surface area contributed by atoms with Crippen molar-refractivity contribution in [2.24, 2.45) is 0 Å². The molecule has 0 unspecified atom stereocenters. The zero-order valence-corrected chi connectivity index (χ0v) is 10.4. The van der Waals surface area contributed by atoms with Gasteiger partial charge >= 0.3 is 5.97 Å². The van der Waals surface area contributed by atoms with Crippen LogP contribution in [0.3, 0.4) is 0 Å². The summed E-state index contributed by atoms with van der Waals surface area (Å²) in [7, 11) is 0. The van der Waals surface area contributed by atoms with E-state index in [1.165, 1.54) is 12.4 Å². The SMILES string of the molecule is C[C@H](NC(=O)c1ncc[nH]1)C(=O)OC(C)(C)C. The number of hydrogen-bond donors (Lipinski definition) is 2. The van der Waals surface area contributed by atoms with Gasteiger partial charge < -0.3 is 15.0 Å². The highest BCUT2D eigenvalue weighted by Crippen LogP contribution is 2.08. The van der Waals surface area contributed by atoms with Crippen LogP contribution >= 0.6 is 0 Å². The zero-order chi connectivity index (χ0) is 13.1. The number of nitrogens with zero attached hydrogens (tertiary/aromatic N) is 1. The summed E-state index contributed by atoms with van der Waals surface area (Å²) in [5.74, 6) is -0.744. The van der Waals surface area contributed by atoms with Gasteiger partial charge in [-0.2, -0.15) is 0 Å². The highest BCUT2D eigenvalue weighted by molar-refractivity contribution is 5.93. The van der Waals surface area contributed by atoms with Crippen molar-refractivity contribution >= 4 is 11.9 Å². The van der Waals surface area contributed by atoms with Gasteiger partial charge in [0, 0.05) is 12.4 Å². The second-order valence-electron chi connectivity index (χ2n) is 4.67. The largest absolute Gasteiger partial charge is 0.458 e. The van der Waals surface area contributed by atoms with Crippen molar-refractivity contribution in [3.63, 3.8) is 0 Å². The molecule has 0 aliphatic rings. The number of amides is 1. The standard InChI is InChI=1S/C11H17N3O3/c1-7(10(16)17-11(2,3)4)14-9(15)8-12-5-6-13-8/h5-7H,1-4H3,(H,12,13)(H,14,15)/t7-/m0/s1. The van der Waals surface area contributed by atoms with Gasteiger partial charge in [0.15, 0.2) is 5.82 Å². The van der Waals surface area contributed by atoms with Crippen LogP contribution in [-0.2, 0) is 9.53 Å². The van der Waals surface area contributed by atoms with Gasteiger partial charge in [-0.1, -0.05) is 0 Å². The van der Waals surface area contributed by atoms with Crippen molar-refractivity contribution in [1.29, 1.82) is 0 Å². The summed E-state index contributed by atoms with van der Waals surface area (Å²) < 4.78 is 5.13. The van der Waals surface area contributed by atoms with E-state index < -0.39 is 23.5 Å². The molecule has 6 heteroatoms. The molecule has 1 rings (SSSR count). The van der Waals surface area contributed by atoms with E-state index >= 15 is 0 Å². The number of esters is 1. The van der Waals surface area contributed by atoms with E-state index in [1.54, 1.807) is 27.7 Å². The number of aromatic amines is 1. The molecule has 0 bridgehead atoms. The number of nitrogens with one attached hydrogen (secondary N) is 2. The molecule has 0 aliphatic heterocycles. The Morgan fingerprint density at radius 3 is 2.59 bits per heavy atom. The maximum Gasteiger partial charge on any atom is 0.328 e. The Kier molecular flexibility index (Phi) is 3.88. The Morgan fingerprint density at radius 1 is 1.47 bits per heavy atom. The number of rotatable bonds is 3. The average Bonchev–Trinajstić information content (AvgIpc) is 2.67. The first-order valence-electron chi connectivity index (χ1n) is 5.33. The van der Waals surface area contributed by atoms with Gasteiger partial charge in [-0.25, -0.2) is 9.78 Å². The number of carbonyl (C=O) groups excluding carboxylic acids is 2. The Balaban J connectivity index is 2.52. The van der Waals surface area contributed by atoms with E-state index in [0.29, 0.717) is 0 Å². The van der Waals surface area contributed by atoms with Gasteiger partial charge in [-0.05, 0) is 27.7 Å². The molecule has 0 aliphatic carbocycles. The molecule has 0 saturated heterocycles. The number of imidazole rings is 1. The monoisotopic (exact) mass is 239 g/mol. The number of carbonyl (C=O) groups is 2. The van der Waals surface area contributed by atoms with Crippen molar-refractivity contribution in [3.8, 4) is 0 Å². The van der Waals surface area contributed by atoms with Crippen LogP contribution in [0.15, 0.2) is 12.4 Å². The first-order chi connectivity index (χ1) is 7.79. The van der Waals surface area contributed by atoms with Gasteiger partial charge in [0.05, 0.1) is 0 Å². The predicted molar refractivity (Wildman–Crippen MR) is 61.4 cm³/mol. The second-order valence-corrected chi connectivity index (χ2v) is 4.67. The smallest absolute Gasteiger partial charge is 0.328 e. The molecule has 0 aromatic carbocycles. The lowest BCUT2D eigenvalue weighted by Gasteiger charge is -2.22. The summed E-state index contributed by atoms with van der Waals surface area (Å²) in [6, 6.07) is -0.716. The fourth-order valence-electron chi connectivity index (χ4n) is 1.10. The fraction of sp³-hybridized carbons (Fsp3) is 0.545. The van der Waals surface area contributed by atoms with Crippen LogP contribution in [0.1, 0.15) is 38.3 Å². The van der Waals surface area contributed by atoms with Crippen LogP contribution in [0, 0.1) is 0 Å². The van der Waals surface area contributed by atoms with E-state index in [-0.39, 0.29) is 5.82 Å². The number of H-pyrrole nitrogens is 1. The zero-order valence-electron chi connectivity index (χ0n) is 10.4. The van der Waals surface area contributed by atoms with Gasteiger partial charge in [0.1, 0.15) is 11.6 Å². The molecule has 6 nitrogen and oxygen atoms in total. The molecule has 94 valence electrons. The summed E-state index contributed by atoms with van der Waals surface area (Å²) in [5.41, 5.74) is -0.569. The molecule has 1 heterocycles. The first-order valence-corrected chi connectivity index (χ1v) is 5.33. The average molecular weight is 239 g/mol. The lowest BCUT2D eigenvalue weighted by Crippen LogP contribution is -2.42. The number of hydrogen-bond acceptors (Lipinski definition) is 4. The molecular formula is C11H17N3O3. The molecule has 1 aromatic heterocycles. The first kappa shape index (κ1) is 13.2. The maximum absolute atomic E-state index is 11.6. The predicted octanol–water partition coefficient (Wildman–Crippen LogP) is 0.870. The molecule has 0 spiro atoms. The third kappa shape index (κ3) is 4.26. The topological polar surface area (TPSA) is 84.1 Å². The molecule has 1 aromatic rings. The summed E-state index contributed by atoms with van der Waals surface area (Å²) in [6.07, 6.45) is 3.00. The minimum absolute atomic E-state index is 0.167. The Hall–Kier alpha value is -1.85. The minimum atomic E-state index is -0.716. The Labute approximate surface area is 99.8 Å². The molecule has 0 saturated carbocycles. The molecule has 2 N–H and O–H groups in total. The molecule has 1 atom stereocenters. The number of ether oxygens (including phenoxy) is 1. The van der Waals surface area contributed by atoms with Crippen LogP contribution in [0.25, 0.3) is 0 Å². The van der Waals surface area contributed by atoms with E-state index in [4.69, 9.17) is 4.74 Å². The van der Waals surface area contributed by atoms with Crippen LogP contribution in [0.2, 0.25) is 0 Å². The van der Waals surface area contributed by atoms with Crippen molar-refractivity contribution in [2.75, 3.05) is 0 Å². The van der Waals surface area contributed by atoms with Gasteiger partial charge in [-0.15, -0.1) is 0 Å². The lowest BCUT2D eigenvalue weighted by molar-refractivity contribution is -0.156. The third-order valence-corrected chi connectivity index (χ3v) is 1.82. The lowest BCUT2D eigenvalue weighted by atomic mass is 10.2. The van der Waals surface area contributed by atoms with E-state index in [0.717, 1.165) is 0 Å². The minimum Gasteiger partial charge on any atom is -0.458 e. The van der Waals surface area contributed by atoms with Crippen LogP contribution in [-0.4, -0.2) is 33.5 Å². The third-order valence-electron chi connectivity index (χ3n) is 1.82. The normalized spacial score (nSPS) is 12.9. The Morgan fingerprint density at radius 2 is 2.12 bits per heavy atom. The molecule has 0 fully saturated rings. The highest BCUT2D eigenvalue weighted by Gasteiger charge is 2.23. The number of aromatic nitrogens is 2. The summed E-state index contributed by atoms with van der Waals surface area (Å²) in [4.78, 5) is 29.6. The maximum atomic E-state index is 11.6. The Bertz CT molecular complexity index is 393. The molecule has 0 radical (unpaired) electrons. The molecule has 17 heavy (non-hydrogen) atoms. The molecular weight excluding hydrogens is 222 g/mol. The van der Waals surface area contributed by atoms with Crippen molar-refractivity contribution in [3.05, 3.63) is 18.2 Å². The second kappa shape index (κ2) is 4.99. The van der Waals surface area contributed by atoms with Crippen molar-refractivity contribution in [2.45, 2.75) is 39.3 Å².